The van der Waals surface area contributed by atoms with Gasteiger partial charge in [-0.3, -0.25) is 0 Å². The van der Waals surface area contributed by atoms with Crippen molar-refractivity contribution in [1.29, 1.82) is 0 Å². The van der Waals surface area contributed by atoms with E-state index in [4.69, 9.17) is 5.11 Å². The van der Waals surface area contributed by atoms with Gasteiger partial charge in [0.2, 0.25) is 0 Å². The van der Waals surface area contributed by atoms with Crippen LogP contribution in [0.4, 0.5) is 0 Å². The quantitative estimate of drug-likeness (QED) is 0.540. The van der Waals surface area contributed by atoms with E-state index in [1.54, 1.807) is 11.1 Å². The number of aldehydes is 1. The van der Waals surface area contributed by atoms with E-state index in [1.807, 2.05) is 0 Å². The molecule has 0 aliphatic carbocycles. The Balaban J connectivity index is 2.56. The molecule has 1 aliphatic rings. The lowest BCUT2D eigenvalue weighted by molar-refractivity contribution is -0.110. The fraction of sp³-hybridized carbons (Fsp3) is 0.571. The van der Waals surface area contributed by atoms with E-state index in [1.165, 1.54) is 0 Å². The average Bonchev–Trinajstić information content (AvgIpc) is 2.30. The summed E-state index contributed by atoms with van der Waals surface area (Å²) < 4.78 is 0. The molecule has 0 spiro atoms. The maximum atomic E-state index is 10.3. The second kappa shape index (κ2) is 2.84. The predicted octanol–water partition coefficient (Wildman–Crippen LogP) is -0.236. The molecule has 10 heavy (non-hydrogen) atoms. The zero-order valence-electron chi connectivity index (χ0n) is 5.73. The van der Waals surface area contributed by atoms with E-state index in [0.717, 1.165) is 6.29 Å². The standard InChI is InChI=1S/C7H11NO2/c1-2-8-4-7(10)3-6(8)5-9/h2,5-7,10H,1,3-4H2/t6-,7+/m0/s1. The summed E-state index contributed by atoms with van der Waals surface area (Å²) in [5, 5.41) is 9.08. The molecule has 1 heterocycles. The van der Waals surface area contributed by atoms with E-state index < -0.39 is 0 Å². The molecule has 0 aromatic carbocycles. The molecule has 1 N–H and O–H groups in total. The van der Waals surface area contributed by atoms with Gasteiger partial charge in [0.15, 0.2) is 0 Å². The van der Waals surface area contributed by atoms with Crippen LogP contribution < -0.4 is 0 Å². The van der Waals surface area contributed by atoms with Crippen molar-refractivity contribution in [2.24, 2.45) is 0 Å². The molecule has 0 amide bonds. The number of nitrogens with zero attached hydrogens (tertiary/aromatic N) is 1. The molecule has 3 nitrogen and oxygen atoms in total. The molecular weight excluding hydrogens is 130 g/mol. The van der Waals surface area contributed by atoms with Gasteiger partial charge in [-0.05, 0) is 6.20 Å². The third-order valence-corrected chi connectivity index (χ3v) is 1.75. The lowest BCUT2D eigenvalue weighted by Crippen LogP contribution is -2.24. The summed E-state index contributed by atoms with van der Waals surface area (Å²) in [7, 11) is 0. The fourth-order valence-electron chi connectivity index (χ4n) is 1.21. The molecule has 1 aliphatic heterocycles. The van der Waals surface area contributed by atoms with Gasteiger partial charge >= 0.3 is 0 Å². The molecule has 56 valence electrons. The highest BCUT2D eigenvalue weighted by Crippen LogP contribution is 2.15. The second-order valence-corrected chi connectivity index (χ2v) is 2.47. The smallest absolute Gasteiger partial charge is 0.142 e. The Kier molecular flexibility index (Phi) is 2.06. The monoisotopic (exact) mass is 141 g/mol. The number of hydrogen-bond acceptors (Lipinski definition) is 3. The van der Waals surface area contributed by atoms with Gasteiger partial charge in [0.25, 0.3) is 0 Å². The molecule has 0 radical (unpaired) electrons. The van der Waals surface area contributed by atoms with Crippen LogP contribution in [-0.2, 0) is 4.79 Å². The lowest BCUT2D eigenvalue weighted by atomic mass is 10.2. The maximum absolute atomic E-state index is 10.3. The van der Waals surface area contributed by atoms with Crippen LogP contribution in [0.5, 0.6) is 0 Å². The molecule has 1 saturated heterocycles. The van der Waals surface area contributed by atoms with Crippen molar-refractivity contribution in [3.05, 3.63) is 12.8 Å². The molecule has 0 aromatic rings. The minimum atomic E-state index is -0.367. The first kappa shape index (κ1) is 7.28. The van der Waals surface area contributed by atoms with E-state index in [2.05, 4.69) is 6.58 Å². The van der Waals surface area contributed by atoms with Crippen LogP contribution in [-0.4, -0.2) is 35.0 Å². The van der Waals surface area contributed by atoms with Gasteiger partial charge in [0.1, 0.15) is 6.29 Å². The minimum absolute atomic E-state index is 0.160. The van der Waals surface area contributed by atoms with Gasteiger partial charge < -0.3 is 14.8 Å². The number of β-amino-alcohol motifs (C(OH)–C–C–N with tert-alkyl or cyclic N) is 1. The highest BCUT2D eigenvalue weighted by Gasteiger charge is 2.27. The first-order valence-corrected chi connectivity index (χ1v) is 3.29. The van der Waals surface area contributed by atoms with Crippen LogP contribution in [0.25, 0.3) is 0 Å². The number of hydrogen-bond donors (Lipinski definition) is 1. The van der Waals surface area contributed by atoms with E-state index >= 15 is 0 Å². The number of carbonyl (C=O) groups is 1. The molecular formula is C7H11NO2. The highest BCUT2D eigenvalue weighted by molar-refractivity contribution is 5.58. The Hall–Kier alpha value is -0.830. The van der Waals surface area contributed by atoms with Gasteiger partial charge in [-0.1, -0.05) is 6.58 Å². The highest BCUT2D eigenvalue weighted by atomic mass is 16.3. The van der Waals surface area contributed by atoms with E-state index in [0.29, 0.717) is 13.0 Å². The van der Waals surface area contributed by atoms with Crippen molar-refractivity contribution in [1.82, 2.24) is 4.90 Å². The Labute approximate surface area is 59.9 Å². The minimum Gasteiger partial charge on any atom is -0.391 e. The summed E-state index contributed by atoms with van der Waals surface area (Å²) >= 11 is 0. The lowest BCUT2D eigenvalue weighted by Gasteiger charge is -2.15. The van der Waals surface area contributed by atoms with Crippen LogP contribution in [0.1, 0.15) is 6.42 Å². The molecule has 2 atom stereocenters. The summed E-state index contributed by atoms with van der Waals surface area (Å²) in [4.78, 5) is 12.1. The Morgan fingerprint density at radius 2 is 2.40 bits per heavy atom. The SMILES string of the molecule is C=CN1C[C@H](O)C[C@H]1C=O. The summed E-state index contributed by atoms with van der Waals surface area (Å²) in [5.41, 5.74) is 0. The Bertz CT molecular complexity index is 131. The van der Waals surface area contributed by atoms with Crippen LogP contribution in [0.2, 0.25) is 0 Å². The normalized spacial score (nSPS) is 32.3. The number of likely N-dealkylation sites (tertiary alicyclic amines) is 1. The third kappa shape index (κ3) is 1.19. The van der Waals surface area contributed by atoms with Crippen LogP contribution in [0.15, 0.2) is 12.8 Å². The molecule has 0 aromatic heterocycles. The van der Waals surface area contributed by atoms with Crippen molar-refractivity contribution in [3.63, 3.8) is 0 Å². The van der Waals surface area contributed by atoms with E-state index in [9.17, 15) is 4.79 Å². The summed E-state index contributed by atoms with van der Waals surface area (Å²) in [6.45, 7) is 4.07. The maximum Gasteiger partial charge on any atom is 0.142 e. The topological polar surface area (TPSA) is 40.5 Å². The molecule has 3 heteroatoms. The van der Waals surface area contributed by atoms with Crippen molar-refractivity contribution in [2.45, 2.75) is 18.6 Å². The Morgan fingerprint density at radius 3 is 2.80 bits per heavy atom. The van der Waals surface area contributed by atoms with Crippen LogP contribution >= 0.6 is 0 Å². The second-order valence-electron chi connectivity index (χ2n) is 2.47. The molecule has 0 saturated carbocycles. The van der Waals surface area contributed by atoms with Crippen molar-refractivity contribution in [2.75, 3.05) is 6.54 Å². The fourth-order valence-corrected chi connectivity index (χ4v) is 1.21. The number of rotatable bonds is 2. The van der Waals surface area contributed by atoms with E-state index in [-0.39, 0.29) is 12.1 Å². The summed E-state index contributed by atoms with van der Waals surface area (Å²) in [6, 6.07) is -0.160. The predicted molar refractivity (Wildman–Crippen MR) is 37.4 cm³/mol. The molecule has 0 unspecified atom stereocenters. The van der Waals surface area contributed by atoms with Gasteiger partial charge in [-0.15, -0.1) is 0 Å². The van der Waals surface area contributed by atoms with Gasteiger partial charge in [0.05, 0.1) is 12.1 Å². The van der Waals surface area contributed by atoms with Crippen LogP contribution in [0.3, 0.4) is 0 Å². The third-order valence-electron chi connectivity index (χ3n) is 1.75. The molecule has 0 bridgehead atoms. The zero-order chi connectivity index (χ0) is 7.56. The van der Waals surface area contributed by atoms with Crippen molar-refractivity contribution < 1.29 is 9.90 Å². The van der Waals surface area contributed by atoms with Crippen molar-refractivity contribution in [3.8, 4) is 0 Å². The first-order valence-electron chi connectivity index (χ1n) is 3.29. The number of carbonyl (C=O) groups excluding carboxylic acids is 1. The molecule has 1 rings (SSSR count). The van der Waals surface area contributed by atoms with Gasteiger partial charge in [-0.2, -0.15) is 0 Å². The zero-order valence-corrected chi connectivity index (χ0v) is 5.73. The van der Waals surface area contributed by atoms with Gasteiger partial charge in [0, 0.05) is 13.0 Å². The first-order chi connectivity index (χ1) is 4.77. The summed E-state index contributed by atoms with van der Waals surface area (Å²) in [5.74, 6) is 0. The van der Waals surface area contributed by atoms with Crippen LogP contribution in [0, 0.1) is 0 Å². The largest absolute Gasteiger partial charge is 0.391 e. The van der Waals surface area contributed by atoms with Crippen molar-refractivity contribution >= 4 is 6.29 Å². The Morgan fingerprint density at radius 1 is 1.70 bits per heavy atom. The summed E-state index contributed by atoms with van der Waals surface area (Å²) in [6.07, 6.45) is 2.61. The van der Waals surface area contributed by atoms with Gasteiger partial charge in [-0.25, -0.2) is 0 Å². The molecule has 1 fully saturated rings. The number of aliphatic hydroxyl groups is 1. The number of aliphatic hydroxyl groups excluding tert-OH is 1. The average molecular weight is 141 g/mol.